The van der Waals surface area contributed by atoms with Crippen LogP contribution >= 0.6 is 0 Å². The topological polar surface area (TPSA) is 136 Å². The van der Waals surface area contributed by atoms with Gasteiger partial charge in [-0.3, -0.25) is 0 Å². The van der Waals surface area contributed by atoms with E-state index in [1.54, 1.807) is 18.2 Å². The van der Waals surface area contributed by atoms with Crippen molar-refractivity contribution in [3.8, 4) is 28.8 Å². The van der Waals surface area contributed by atoms with Crippen LogP contribution in [0.2, 0.25) is 0 Å². The van der Waals surface area contributed by atoms with Crippen molar-refractivity contribution in [2.45, 2.75) is 6.61 Å². The Hall–Kier alpha value is -4.26. The summed E-state index contributed by atoms with van der Waals surface area (Å²) in [5.41, 5.74) is 8.81. The average Bonchev–Trinajstić information content (AvgIpc) is 3.20. The molecule has 1 aromatic carbocycles. The first-order valence-electron chi connectivity index (χ1n) is 8.42. The Labute approximate surface area is 163 Å². The van der Waals surface area contributed by atoms with Crippen LogP contribution in [-0.4, -0.2) is 32.5 Å². The molecule has 0 unspecified atom stereocenters. The summed E-state index contributed by atoms with van der Waals surface area (Å²) in [5.74, 6) is -0.0167. The number of methoxy groups -OCH3 is 1. The Balaban J connectivity index is 1.61. The van der Waals surface area contributed by atoms with Crippen molar-refractivity contribution in [1.82, 2.24) is 25.4 Å². The number of nitriles is 1. The molecular formula is C19H14FN7O2. The number of hydrogen-bond donors (Lipinski definition) is 2. The zero-order valence-corrected chi connectivity index (χ0v) is 15.2. The fourth-order valence-corrected chi connectivity index (χ4v) is 2.82. The number of fused-ring (bicyclic) bond motifs is 1. The maximum atomic E-state index is 13.9. The first-order chi connectivity index (χ1) is 14.1. The van der Waals surface area contributed by atoms with Gasteiger partial charge in [-0.15, -0.1) is 5.10 Å². The monoisotopic (exact) mass is 391 g/mol. The van der Waals surface area contributed by atoms with E-state index in [0.29, 0.717) is 39.2 Å². The van der Waals surface area contributed by atoms with E-state index in [0.717, 1.165) is 0 Å². The van der Waals surface area contributed by atoms with Gasteiger partial charge >= 0.3 is 0 Å². The molecule has 0 saturated heterocycles. The standard InChI is InChI=1S/C19H14FN7O2/c1-28-19-14(20)5-13(8-23-19)10-2-3-11(12(4-10)7-21)9-29-15-6-16(22)24-18-17(15)25-27-26-18/h2-6,8H,9H2,1H3,(H3,22,24,25,26,27). The van der Waals surface area contributed by atoms with Gasteiger partial charge in [0.05, 0.1) is 18.7 Å². The van der Waals surface area contributed by atoms with Gasteiger partial charge in [-0.05, 0) is 17.7 Å². The second-order valence-electron chi connectivity index (χ2n) is 6.04. The second kappa shape index (κ2) is 7.40. The molecular weight excluding hydrogens is 377 g/mol. The molecule has 4 rings (SSSR count). The van der Waals surface area contributed by atoms with Gasteiger partial charge < -0.3 is 15.2 Å². The number of aromatic amines is 1. The number of pyridine rings is 2. The zero-order valence-electron chi connectivity index (χ0n) is 15.2. The van der Waals surface area contributed by atoms with E-state index in [9.17, 15) is 9.65 Å². The van der Waals surface area contributed by atoms with Crippen molar-refractivity contribution in [3.63, 3.8) is 0 Å². The van der Waals surface area contributed by atoms with E-state index < -0.39 is 5.82 Å². The van der Waals surface area contributed by atoms with E-state index in [2.05, 4.69) is 31.4 Å². The van der Waals surface area contributed by atoms with Crippen LogP contribution in [0.25, 0.3) is 22.3 Å². The summed E-state index contributed by atoms with van der Waals surface area (Å²) in [6.07, 6.45) is 1.48. The van der Waals surface area contributed by atoms with Crippen LogP contribution in [0.15, 0.2) is 36.5 Å². The van der Waals surface area contributed by atoms with Crippen molar-refractivity contribution < 1.29 is 13.9 Å². The number of H-pyrrole nitrogens is 1. The molecule has 0 bridgehead atoms. The normalized spacial score (nSPS) is 10.7. The number of nitrogens with zero attached hydrogens (tertiary/aromatic N) is 5. The van der Waals surface area contributed by atoms with Crippen LogP contribution in [0.1, 0.15) is 11.1 Å². The molecule has 0 radical (unpaired) electrons. The molecule has 0 aliphatic heterocycles. The first kappa shape index (κ1) is 18.1. The molecule has 0 fully saturated rings. The van der Waals surface area contributed by atoms with Crippen LogP contribution in [0.3, 0.4) is 0 Å². The highest BCUT2D eigenvalue weighted by atomic mass is 19.1. The number of halogens is 1. The van der Waals surface area contributed by atoms with Gasteiger partial charge in [0, 0.05) is 23.4 Å². The molecule has 10 heteroatoms. The summed E-state index contributed by atoms with van der Waals surface area (Å²) in [4.78, 5) is 7.99. The number of anilines is 1. The molecule has 144 valence electrons. The fraction of sp³-hybridized carbons (Fsp3) is 0.105. The number of hydrogen-bond acceptors (Lipinski definition) is 8. The first-order valence-corrected chi connectivity index (χ1v) is 8.42. The maximum absolute atomic E-state index is 13.9. The highest BCUT2D eigenvalue weighted by Crippen LogP contribution is 2.27. The Bertz CT molecular complexity index is 1250. The molecule has 3 heterocycles. The van der Waals surface area contributed by atoms with Crippen LogP contribution < -0.4 is 15.2 Å². The SMILES string of the molecule is COc1ncc(-c2ccc(COc3cc(N)nc4[nH]nnc34)c(C#N)c2)cc1F. The Kier molecular flexibility index (Phi) is 4.62. The van der Waals surface area contributed by atoms with Gasteiger partial charge in [0.15, 0.2) is 22.7 Å². The number of nitrogens with two attached hydrogens (primary N) is 1. The van der Waals surface area contributed by atoms with Crippen molar-refractivity contribution in [2.24, 2.45) is 0 Å². The molecule has 0 atom stereocenters. The van der Waals surface area contributed by atoms with Crippen LogP contribution in [0.5, 0.6) is 11.6 Å². The lowest BCUT2D eigenvalue weighted by atomic mass is 10.0. The lowest BCUT2D eigenvalue weighted by molar-refractivity contribution is 0.309. The maximum Gasteiger partial charge on any atom is 0.250 e. The molecule has 29 heavy (non-hydrogen) atoms. The minimum absolute atomic E-state index is 0.0879. The number of nitrogen functional groups attached to an aromatic ring is 1. The summed E-state index contributed by atoms with van der Waals surface area (Å²) in [7, 11) is 1.34. The summed E-state index contributed by atoms with van der Waals surface area (Å²) >= 11 is 0. The van der Waals surface area contributed by atoms with Gasteiger partial charge in [-0.2, -0.15) is 5.26 Å². The van der Waals surface area contributed by atoms with Crippen molar-refractivity contribution in [3.05, 3.63) is 53.5 Å². The Morgan fingerprint density at radius 2 is 2.10 bits per heavy atom. The van der Waals surface area contributed by atoms with E-state index in [1.165, 1.54) is 25.4 Å². The number of benzene rings is 1. The quantitative estimate of drug-likeness (QED) is 0.530. The van der Waals surface area contributed by atoms with Crippen LogP contribution in [0.4, 0.5) is 10.2 Å². The van der Waals surface area contributed by atoms with Crippen LogP contribution in [-0.2, 0) is 6.61 Å². The number of aromatic nitrogens is 5. The van der Waals surface area contributed by atoms with Gasteiger partial charge in [0.2, 0.25) is 5.88 Å². The molecule has 4 aromatic rings. The van der Waals surface area contributed by atoms with E-state index in [1.807, 2.05) is 0 Å². The molecule has 3 N–H and O–H groups in total. The summed E-state index contributed by atoms with van der Waals surface area (Å²) in [6.45, 7) is 0.101. The number of ether oxygens (including phenoxy) is 2. The Morgan fingerprint density at radius 3 is 2.86 bits per heavy atom. The van der Waals surface area contributed by atoms with Gasteiger partial charge in [0.25, 0.3) is 0 Å². The van der Waals surface area contributed by atoms with Gasteiger partial charge in [-0.25, -0.2) is 19.5 Å². The molecule has 0 aliphatic rings. The lowest BCUT2D eigenvalue weighted by Gasteiger charge is -2.10. The van der Waals surface area contributed by atoms with E-state index in [-0.39, 0.29) is 18.3 Å². The Morgan fingerprint density at radius 1 is 1.24 bits per heavy atom. The zero-order chi connectivity index (χ0) is 20.4. The van der Waals surface area contributed by atoms with E-state index >= 15 is 0 Å². The molecule has 3 aromatic heterocycles. The summed E-state index contributed by atoms with van der Waals surface area (Å²) < 4.78 is 24.6. The van der Waals surface area contributed by atoms with Gasteiger partial charge in [0.1, 0.15) is 12.4 Å². The van der Waals surface area contributed by atoms with Crippen molar-refractivity contribution in [1.29, 1.82) is 5.26 Å². The van der Waals surface area contributed by atoms with Crippen LogP contribution in [0, 0.1) is 17.1 Å². The smallest absolute Gasteiger partial charge is 0.250 e. The predicted molar refractivity (Wildman–Crippen MR) is 101 cm³/mol. The number of rotatable bonds is 5. The fourth-order valence-electron chi connectivity index (χ4n) is 2.82. The third-order valence-corrected chi connectivity index (χ3v) is 4.23. The van der Waals surface area contributed by atoms with Crippen molar-refractivity contribution >= 4 is 17.0 Å². The third kappa shape index (κ3) is 3.49. The lowest BCUT2D eigenvalue weighted by Crippen LogP contribution is -2.01. The summed E-state index contributed by atoms with van der Waals surface area (Å²) in [6, 6.07) is 10.1. The molecule has 0 aliphatic carbocycles. The van der Waals surface area contributed by atoms with Gasteiger partial charge in [-0.1, -0.05) is 17.3 Å². The average molecular weight is 391 g/mol. The van der Waals surface area contributed by atoms with E-state index in [4.69, 9.17) is 15.2 Å². The number of nitrogens with one attached hydrogen (secondary N) is 1. The highest BCUT2D eigenvalue weighted by molar-refractivity contribution is 5.79. The minimum Gasteiger partial charge on any atom is -0.486 e. The summed E-state index contributed by atoms with van der Waals surface area (Å²) in [5, 5.41) is 19.8. The highest BCUT2D eigenvalue weighted by Gasteiger charge is 2.13. The minimum atomic E-state index is -0.581. The largest absolute Gasteiger partial charge is 0.486 e. The second-order valence-corrected chi connectivity index (χ2v) is 6.04. The predicted octanol–water partition coefficient (Wildman–Crippen LogP) is 2.60. The molecule has 9 nitrogen and oxygen atoms in total. The molecule has 0 saturated carbocycles. The van der Waals surface area contributed by atoms with Crippen molar-refractivity contribution in [2.75, 3.05) is 12.8 Å². The molecule has 0 spiro atoms. The third-order valence-electron chi connectivity index (χ3n) is 4.23. The molecule has 0 amide bonds.